The summed E-state index contributed by atoms with van der Waals surface area (Å²) in [6.45, 7) is 8.00. The van der Waals surface area contributed by atoms with Crippen LogP contribution in [0.5, 0.6) is 0 Å². The van der Waals surface area contributed by atoms with Gasteiger partial charge in [-0.3, -0.25) is 0 Å². The third kappa shape index (κ3) is 4.71. The van der Waals surface area contributed by atoms with Crippen molar-refractivity contribution in [3.05, 3.63) is 40.7 Å². The van der Waals surface area contributed by atoms with E-state index in [-0.39, 0.29) is 21.8 Å². The number of carbonyl (C=O) groups is 1. The lowest BCUT2D eigenvalue weighted by Gasteiger charge is -2.12. The van der Waals surface area contributed by atoms with Gasteiger partial charge in [0.1, 0.15) is 13.4 Å². The lowest BCUT2D eigenvalue weighted by atomic mass is 9.96. The number of hydrogen-bond donors (Lipinski definition) is 2. The van der Waals surface area contributed by atoms with Crippen molar-refractivity contribution in [2.45, 2.75) is 27.7 Å². The Balaban J connectivity index is 0.000000791. The Morgan fingerprint density at radius 1 is 1.27 bits per heavy atom. The van der Waals surface area contributed by atoms with Crippen molar-refractivity contribution in [3.63, 3.8) is 0 Å². The van der Waals surface area contributed by atoms with Crippen LogP contribution in [0.1, 0.15) is 38.1 Å². The van der Waals surface area contributed by atoms with E-state index in [1.165, 1.54) is 18.2 Å². The van der Waals surface area contributed by atoms with Gasteiger partial charge in [0.2, 0.25) is 0 Å². The molecule has 9 heteroatoms. The molecule has 3 rings (SSSR count). The molecule has 2 N–H and O–H groups in total. The SMILES string of the molecule is CC.CC.[B]c1ccc(Nc2c(C(=O)O)cc3snnc3c2F)c(Cl)c1. The highest BCUT2D eigenvalue weighted by molar-refractivity contribution is 7.13. The number of anilines is 2. The minimum absolute atomic E-state index is 0.00377. The van der Waals surface area contributed by atoms with Crippen molar-refractivity contribution in [1.82, 2.24) is 9.59 Å². The summed E-state index contributed by atoms with van der Waals surface area (Å²) in [7, 11) is 5.59. The molecule has 1 heterocycles. The largest absolute Gasteiger partial charge is 0.478 e. The van der Waals surface area contributed by atoms with Crippen LogP contribution < -0.4 is 10.8 Å². The molecule has 5 nitrogen and oxygen atoms in total. The molecule has 0 atom stereocenters. The van der Waals surface area contributed by atoms with Crippen LogP contribution >= 0.6 is 23.1 Å². The molecule has 3 aromatic rings. The first-order chi connectivity index (χ1) is 12.5. The maximum absolute atomic E-state index is 14.5. The topological polar surface area (TPSA) is 75.1 Å². The van der Waals surface area contributed by atoms with E-state index in [0.717, 1.165) is 11.5 Å². The predicted octanol–water partition coefficient (Wildman–Crippen LogP) is 4.77. The molecule has 0 spiro atoms. The smallest absolute Gasteiger partial charge is 0.337 e. The number of nitrogens with one attached hydrogen (secondary N) is 1. The summed E-state index contributed by atoms with van der Waals surface area (Å²) in [4.78, 5) is 11.4. The maximum atomic E-state index is 14.5. The lowest BCUT2D eigenvalue weighted by Crippen LogP contribution is -2.07. The fourth-order valence-electron chi connectivity index (χ4n) is 1.94. The van der Waals surface area contributed by atoms with Crippen LogP contribution in [0.4, 0.5) is 15.8 Å². The lowest BCUT2D eigenvalue weighted by molar-refractivity contribution is 0.0698. The second kappa shape index (κ2) is 10.1. The summed E-state index contributed by atoms with van der Waals surface area (Å²) < 4.78 is 18.5. The van der Waals surface area contributed by atoms with Crippen LogP contribution in [0.2, 0.25) is 5.02 Å². The Morgan fingerprint density at radius 3 is 2.50 bits per heavy atom. The maximum Gasteiger partial charge on any atom is 0.337 e. The van der Waals surface area contributed by atoms with Gasteiger partial charge in [0.15, 0.2) is 5.82 Å². The van der Waals surface area contributed by atoms with Gasteiger partial charge in [0.05, 0.1) is 26.7 Å². The van der Waals surface area contributed by atoms with Crippen molar-refractivity contribution in [3.8, 4) is 0 Å². The number of aromatic nitrogens is 2. The number of rotatable bonds is 3. The minimum atomic E-state index is -1.27. The standard InChI is InChI=1S/C13H6BClFN3O2S.2C2H6/c14-5-1-2-8(7(15)3-5)17-11-6(13(20)21)4-9-12(10(11)16)18-19-22-9;2*1-2/h1-4,17H,(H,20,21);2*1-2H3. The van der Waals surface area contributed by atoms with Gasteiger partial charge in [-0.25, -0.2) is 9.18 Å². The van der Waals surface area contributed by atoms with Gasteiger partial charge in [-0.05, 0) is 29.7 Å². The summed E-state index contributed by atoms with van der Waals surface area (Å²) in [6, 6.07) is 5.89. The summed E-state index contributed by atoms with van der Waals surface area (Å²) >= 11 is 6.94. The average Bonchev–Trinajstić information content (AvgIpc) is 3.11. The molecule has 0 aliphatic heterocycles. The highest BCUT2D eigenvalue weighted by atomic mass is 35.5. The molecule has 0 saturated heterocycles. The summed E-state index contributed by atoms with van der Waals surface area (Å²) in [6.07, 6.45) is 0. The molecule has 0 aliphatic carbocycles. The van der Waals surface area contributed by atoms with E-state index < -0.39 is 11.8 Å². The van der Waals surface area contributed by atoms with Crippen molar-refractivity contribution < 1.29 is 14.3 Å². The number of nitrogens with zero attached hydrogens (tertiary/aromatic N) is 2. The van der Waals surface area contributed by atoms with Gasteiger partial charge in [-0.2, -0.15) is 0 Å². The molecule has 0 saturated carbocycles. The first-order valence-electron chi connectivity index (χ1n) is 7.97. The fourth-order valence-corrected chi connectivity index (χ4v) is 2.78. The molecule has 1 aromatic heterocycles. The zero-order valence-electron chi connectivity index (χ0n) is 14.8. The Morgan fingerprint density at radius 2 is 1.92 bits per heavy atom. The van der Waals surface area contributed by atoms with Crippen molar-refractivity contribution >= 4 is 64.0 Å². The quantitative estimate of drug-likeness (QED) is 0.627. The van der Waals surface area contributed by atoms with E-state index in [4.69, 9.17) is 19.4 Å². The highest BCUT2D eigenvalue weighted by Gasteiger charge is 2.21. The zero-order valence-corrected chi connectivity index (χ0v) is 16.4. The molecule has 2 radical (unpaired) electrons. The third-order valence-electron chi connectivity index (χ3n) is 2.97. The fraction of sp³-hybridized carbons (Fsp3) is 0.235. The van der Waals surface area contributed by atoms with E-state index in [2.05, 4.69) is 14.9 Å². The van der Waals surface area contributed by atoms with Crippen LogP contribution in [0.3, 0.4) is 0 Å². The van der Waals surface area contributed by atoms with E-state index in [1.54, 1.807) is 6.07 Å². The molecular formula is C17H18BClFN3O2S. The number of fused-ring (bicyclic) bond motifs is 1. The second-order valence-electron chi connectivity index (χ2n) is 4.40. The van der Waals surface area contributed by atoms with Crippen LogP contribution in [0.15, 0.2) is 24.3 Å². The minimum Gasteiger partial charge on any atom is -0.478 e. The van der Waals surface area contributed by atoms with Gasteiger partial charge in [0, 0.05) is 0 Å². The monoisotopic (exact) mass is 393 g/mol. The molecule has 0 unspecified atom stereocenters. The summed E-state index contributed by atoms with van der Waals surface area (Å²) in [5.74, 6) is -2.07. The number of carboxylic acid groups (broad SMARTS) is 1. The summed E-state index contributed by atoms with van der Waals surface area (Å²) in [5.41, 5.74) is 0.320. The molecule has 2 aromatic carbocycles. The van der Waals surface area contributed by atoms with E-state index in [9.17, 15) is 14.3 Å². The van der Waals surface area contributed by atoms with Crippen LogP contribution in [0, 0.1) is 5.82 Å². The third-order valence-corrected chi connectivity index (χ3v) is 3.95. The highest BCUT2D eigenvalue weighted by Crippen LogP contribution is 2.33. The van der Waals surface area contributed by atoms with Crippen molar-refractivity contribution in [2.75, 3.05) is 5.32 Å². The van der Waals surface area contributed by atoms with E-state index in [0.29, 0.717) is 15.9 Å². The Kier molecular flexibility index (Phi) is 8.48. The van der Waals surface area contributed by atoms with Crippen LogP contribution in [0.25, 0.3) is 10.2 Å². The molecule has 0 bridgehead atoms. The normalized spacial score (nSPS) is 9.62. The van der Waals surface area contributed by atoms with Gasteiger partial charge in [0.25, 0.3) is 0 Å². The molecule has 136 valence electrons. The molecule has 26 heavy (non-hydrogen) atoms. The molecule has 0 aliphatic rings. The summed E-state index contributed by atoms with van der Waals surface area (Å²) in [5, 5.41) is 15.9. The van der Waals surface area contributed by atoms with Gasteiger partial charge in [-0.1, -0.05) is 55.3 Å². The van der Waals surface area contributed by atoms with E-state index >= 15 is 0 Å². The zero-order chi connectivity index (χ0) is 19.9. The molecule has 0 amide bonds. The van der Waals surface area contributed by atoms with Gasteiger partial charge >= 0.3 is 5.97 Å². The predicted molar refractivity (Wildman–Crippen MR) is 107 cm³/mol. The van der Waals surface area contributed by atoms with Gasteiger partial charge in [-0.15, -0.1) is 5.10 Å². The van der Waals surface area contributed by atoms with Crippen LogP contribution in [-0.4, -0.2) is 28.5 Å². The Labute approximate surface area is 161 Å². The Bertz CT molecular complexity index is 905. The second-order valence-corrected chi connectivity index (χ2v) is 5.60. The molecule has 0 fully saturated rings. The first kappa shape index (κ1) is 21.9. The van der Waals surface area contributed by atoms with E-state index in [1.807, 2.05) is 27.7 Å². The Hall–Kier alpha value is -2.19. The average molecular weight is 394 g/mol. The van der Waals surface area contributed by atoms with Gasteiger partial charge < -0.3 is 10.4 Å². The van der Waals surface area contributed by atoms with Crippen molar-refractivity contribution in [2.24, 2.45) is 0 Å². The van der Waals surface area contributed by atoms with Crippen molar-refractivity contribution in [1.29, 1.82) is 0 Å². The number of halogens is 2. The number of aromatic carboxylic acids is 1. The number of benzene rings is 2. The number of carboxylic acids is 1. The first-order valence-corrected chi connectivity index (χ1v) is 9.12. The van der Waals surface area contributed by atoms with Crippen LogP contribution in [-0.2, 0) is 0 Å². The molecular weight excluding hydrogens is 376 g/mol. The number of hydrogen-bond acceptors (Lipinski definition) is 5.